The van der Waals surface area contributed by atoms with E-state index < -0.39 is 0 Å². The van der Waals surface area contributed by atoms with Gasteiger partial charge in [0, 0.05) is 44.1 Å². The van der Waals surface area contributed by atoms with E-state index >= 15 is 0 Å². The first-order valence-electron chi connectivity index (χ1n) is 9.15. The predicted molar refractivity (Wildman–Crippen MR) is 102 cm³/mol. The Kier molecular flexibility index (Phi) is 7.26. The van der Waals surface area contributed by atoms with Gasteiger partial charge in [-0.15, -0.1) is 12.4 Å². The largest absolute Gasteiger partial charge is 0.338 e. The van der Waals surface area contributed by atoms with Crippen LogP contribution < -0.4 is 10.2 Å². The van der Waals surface area contributed by atoms with Crippen LogP contribution in [0.25, 0.3) is 0 Å². The van der Waals surface area contributed by atoms with Crippen molar-refractivity contribution in [3.8, 4) is 0 Å². The maximum absolute atomic E-state index is 4.78. The van der Waals surface area contributed by atoms with E-state index in [1.54, 1.807) is 0 Å². The molecule has 1 aromatic heterocycles. The fourth-order valence-electron chi connectivity index (χ4n) is 3.59. The molecule has 0 spiro atoms. The lowest BCUT2D eigenvalue weighted by Crippen LogP contribution is -2.49. The first kappa shape index (κ1) is 19.4. The number of aryl methyl sites for hydroxylation is 1. The second-order valence-electron chi connectivity index (χ2n) is 7.39. The zero-order valence-corrected chi connectivity index (χ0v) is 16.1. The lowest BCUT2D eigenvalue weighted by Gasteiger charge is -2.37. The molecule has 1 N–H and O–H groups in total. The van der Waals surface area contributed by atoms with Crippen LogP contribution in [0.3, 0.4) is 0 Å². The number of nitrogens with one attached hydrogen (secondary N) is 1. The summed E-state index contributed by atoms with van der Waals surface area (Å²) in [5.41, 5.74) is 2.23. The minimum absolute atomic E-state index is 0. The third-order valence-electron chi connectivity index (χ3n) is 5.02. The minimum Gasteiger partial charge on any atom is -0.338 e. The van der Waals surface area contributed by atoms with Crippen molar-refractivity contribution in [3.05, 3.63) is 17.5 Å². The summed E-state index contributed by atoms with van der Waals surface area (Å²) in [5.74, 6) is 2.21. The number of piperazine rings is 1. The molecule has 5 nitrogen and oxygen atoms in total. The first-order chi connectivity index (χ1) is 11.1. The summed E-state index contributed by atoms with van der Waals surface area (Å²) >= 11 is 0. The van der Waals surface area contributed by atoms with Crippen LogP contribution in [0.5, 0.6) is 0 Å². The van der Waals surface area contributed by atoms with Gasteiger partial charge < -0.3 is 10.2 Å². The van der Waals surface area contributed by atoms with Gasteiger partial charge in [-0.3, -0.25) is 4.90 Å². The van der Waals surface area contributed by atoms with Crippen molar-refractivity contribution in [2.24, 2.45) is 5.92 Å². The monoisotopic (exact) mass is 353 g/mol. The van der Waals surface area contributed by atoms with E-state index in [-0.39, 0.29) is 12.4 Å². The molecular weight excluding hydrogens is 322 g/mol. The lowest BCUT2D eigenvalue weighted by atomic mass is 9.99. The fourth-order valence-corrected chi connectivity index (χ4v) is 3.59. The molecular formula is C18H32ClN5. The molecule has 0 amide bonds. The first-order valence-corrected chi connectivity index (χ1v) is 9.15. The Hall–Kier alpha value is -0.910. The maximum Gasteiger partial charge on any atom is 0.225 e. The maximum atomic E-state index is 4.78. The average molecular weight is 354 g/mol. The molecule has 0 bridgehead atoms. The van der Waals surface area contributed by atoms with E-state index in [4.69, 9.17) is 4.98 Å². The molecule has 2 aliphatic rings. The van der Waals surface area contributed by atoms with Gasteiger partial charge in [-0.25, -0.2) is 9.97 Å². The lowest BCUT2D eigenvalue weighted by molar-refractivity contribution is 0.198. The second-order valence-corrected chi connectivity index (χ2v) is 7.39. The van der Waals surface area contributed by atoms with Gasteiger partial charge in [0.25, 0.3) is 0 Å². The Labute approximate surface area is 152 Å². The summed E-state index contributed by atoms with van der Waals surface area (Å²) in [4.78, 5) is 14.4. The van der Waals surface area contributed by atoms with Crippen molar-refractivity contribution in [3.63, 3.8) is 0 Å². The highest BCUT2D eigenvalue weighted by Gasteiger charge is 2.23. The molecule has 3 rings (SSSR count). The Morgan fingerprint density at radius 2 is 1.96 bits per heavy atom. The standard InChI is InChI=1S/C18H31N5.ClH/c1-14(2)17-11-15(3)20-18(21-17)23-9-7-22(8-10-23)13-16-5-4-6-19-12-16;/h11,14,16,19H,4-10,12-13H2,1-3H3;1H. The molecule has 0 aromatic carbocycles. The van der Waals surface area contributed by atoms with E-state index in [1.807, 2.05) is 0 Å². The normalized spacial score (nSPS) is 22.5. The van der Waals surface area contributed by atoms with Crippen molar-refractivity contribution < 1.29 is 0 Å². The highest BCUT2D eigenvalue weighted by atomic mass is 35.5. The molecule has 3 heterocycles. The molecule has 1 unspecified atom stereocenters. The number of aromatic nitrogens is 2. The van der Waals surface area contributed by atoms with Crippen LogP contribution in [0.4, 0.5) is 5.95 Å². The van der Waals surface area contributed by atoms with Crippen LogP contribution >= 0.6 is 12.4 Å². The van der Waals surface area contributed by atoms with E-state index in [0.29, 0.717) is 5.92 Å². The van der Waals surface area contributed by atoms with Gasteiger partial charge >= 0.3 is 0 Å². The van der Waals surface area contributed by atoms with Crippen LogP contribution in [-0.2, 0) is 0 Å². The van der Waals surface area contributed by atoms with E-state index in [2.05, 4.69) is 46.9 Å². The summed E-state index contributed by atoms with van der Waals surface area (Å²) in [5, 5.41) is 3.52. The molecule has 24 heavy (non-hydrogen) atoms. The zero-order chi connectivity index (χ0) is 16.2. The second kappa shape index (κ2) is 8.97. The van der Waals surface area contributed by atoms with Gasteiger partial charge in [-0.2, -0.15) is 0 Å². The van der Waals surface area contributed by atoms with Crippen LogP contribution in [0.15, 0.2) is 6.07 Å². The van der Waals surface area contributed by atoms with E-state index in [9.17, 15) is 0 Å². The van der Waals surface area contributed by atoms with E-state index in [1.165, 1.54) is 32.5 Å². The highest BCUT2D eigenvalue weighted by Crippen LogP contribution is 2.19. The summed E-state index contributed by atoms with van der Waals surface area (Å²) in [6, 6.07) is 2.11. The number of hydrogen-bond acceptors (Lipinski definition) is 5. The summed E-state index contributed by atoms with van der Waals surface area (Å²) in [6.07, 6.45) is 2.71. The Morgan fingerprint density at radius 1 is 1.21 bits per heavy atom. The number of hydrogen-bond donors (Lipinski definition) is 1. The van der Waals surface area contributed by atoms with Gasteiger partial charge in [-0.1, -0.05) is 13.8 Å². The van der Waals surface area contributed by atoms with Gasteiger partial charge in [0.2, 0.25) is 5.95 Å². The number of piperidine rings is 1. The molecule has 1 atom stereocenters. The molecule has 2 saturated heterocycles. The summed E-state index contributed by atoms with van der Waals surface area (Å²) < 4.78 is 0. The van der Waals surface area contributed by atoms with Crippen molar-refractivity contribution in [2.75, 3.05) is 50.7 Å². The van der Waals surface area contributed by atoms with Crippen LogP contribution in [0.2, 0.25) is 0 Å². The van der Waals surface area contributed by atoms with E-state index in [0.717, 1.165) is 49.4 Å². The molecule has 2 aliphatic heterocycles. The number of rotatable bonds is 4. The molecule has 0 radical (unpaired) electrons. The van der Waals surface area contributed by atoms with Gasteiger partial charge in [-0.05, 0) is 50.8 Å². The van der Waals surface area contributed by atoms with Crippen molar-refractivity contribution in [2.45, 2.75) is 39.5 Å². The SMILES string of the molecule is Cc1cc(C(C)C)nc(N2CCN(CC3CCCNC3)CC2)n1.Cl. The molecule has 136 valence electrons. The number of anilines is 1. The Balaban J connectivity index is 0.00000208. The number of nitrogens with zero attached hydrogens (tertiary/aromatic N) is 4. The van der Waals surface area contributed by atoms with Crippen LogP contribution in [-0.4, -0.2) is 60.7 Å². The average Bonchev–Trinajstić information content (AvgIpc) is 2.56. The predicted octanol–water partition coefficient (Wildman–Crippen LogP) is 2.45. The fraction of sp³-hybridized carbons (Fsp3) is 0.778. The van der Waals surface area contributed by atoms with Crippen molar-refractivity contribution in [1.82, 2.24) is 20.2 Å². The Bertz CT molecular complexity index is 508. The molecule has 1 aromatic rings. The highest BCUT2D eigenvalue weighted by molar-refractivity contribution is 5.85. The third-order valence-corrected chi connectivity index (χ3v) is 5.02. The minimum atomic E-state index is 0. The molecule has 0 saturated carbocycles. The quantitative estimate of drug-likeness (QED) is 0.900. The molecule has 6 heteroatoms. The smallest absolute Gasteiger partial charge is 0.225 e. The molecule has 0 aliphatic carbocycles. The van der Waals surface area contributed by atoms with Gasteiger partial charge in [0.15, 0.2) is 0 Å². The summed E-state index contributed by atoms with van der Waals surface area (Å²) in [7, 11) is 0. The third kappa shape index (κ3) is 5.04. The topological polar surface area (TPSA) is 44.3 Å². The van der Waals surface area contributed by atoms with Gasteiger partial charge in [0.1, 0.15) is 0 Å². The number of halogens is 1. The van der Waals surface area contributed by atoms with Crippen molar-refractivity contribution in [1.29, 1.82) is 0 Å². The van der Waals surface area contributed by atoms with Gasteiger partial charge in [0.05, 0.1) is 0 Å². The zero-order valence-electron chi connectivity index (χ0n) is 15.3. The Morgan fingerprint density at radius 3 is 2.58 bits per heavy atom. The van der Waals surface area contributed by atoms with Crippen LogP contribution in [0, 0.1) is 12.8 Å². The summed E-state index contributed by atoms with van der Waals surface area (Å²) in [6.45, 7) is 14.4. The molecule has 2 fully saturated rings. The van der Waals surface area contributed by atoms with Crippen molar-refractivity contribution >= 4 is 18.4 Å². The van der Waals surface area contributed by atoms with Crippen LogP contribution in [0.1, 0.15) is 44.0 Å².